The molecule has 2 aliphatic rings. The highest BCUT2D eigenvalue weighted by atomic mass is 32.2. The predicted octanol–water partition coefficient (Wildman–Crippen LogP) is 3.13. The number of amides is 1. The third-order valence-corrected chi connectivity index (χ3v) is 6.94. The summed E-state index contributed by atoms with van der Waals surface area (Å²) in [4.78, 5) is 38.7. The molecule has 2 rings (SSSR count). The fraction of sp³-hybridized carbons (Fsp3) is 0.824. The lowest BCUT2D eigenvalue weighted by molar-refractivity contribution is -0.158. The average Bonchev–Trinajstić information content (AvgIpc) is 2.65. The van der Waals surface area contributed by atoms with E-state index in [0.29, 0.717) is 0 Å². The molecule has 0 spiro atoms. The summed E-state index contributed by atoms with van der Waals surface area (Å²) in [5.41, 5.74) is -0.551. The molecule has 0 bridgehead atoms. The van der Waals surface area contributed by atoms with Gasteiger partial charge in [0.1, 0.15) is 6.04 Å². The maximum Gasteiger partial charge on any atom is 0.309 e. The van der Waals surface area contributed by atoms with E-state index in [2.05, 4.69) is 0 Å². The largest absolute Gasteiger partial charge is 0.451 e. The van der Waals surface area contributed by atoms with E-state index in [1.165, 1.54) is 0 Å². The Morgan fingerprint density at radius 1 is 1.21 bits per heavy atom. The number of esters is 1. The van der Waals surface area contributed by atoms with Crippen LogP contribution in [-0.2, 0) is 19.1 Å². The molecule has 0 N–H and O–H groups in total. The van der Waals surface area contributed by atoms with Crippen LogP contribution in [0.15, 0.2) is 0 Å². The number of hydrogen-bond acceptors (Lipinski definition) is 6. The molecule has 0 saturated carbocycles. The quantitative estimate of drug-likeness (QED) is 0.419. The molecule has 5 nitrogen and oxygen atoms in total. The summed E-state index contributed by atoms with van der Waals surface area (Å²) >= 11 is 2.71. The fourth-order valence-corrected chi connectivity index (χ4v) is 6.16. The van der Waals surface area contributed by atoms with Gasteiger partial charge in [0.25, 0.3) is 0 Å². The van der Waals surface area contributed by atoms with Crippen molar-refractivity contribution in [1.29, 1.82) is 0 Å². The van der Waals surface area contributed by atoms with Gasteiger partial charge in [-0.1, -0.05) is 27.7 Å². The third kappa shape index (κ3) is 3.47. The molecule has 0 aliphatic carbocycles. The highest BCUT2D eigenvalue weighted by Crippen LogP contribution is 2.55. The maximum atomic E-state index is 12.8. The molecule has 2 fully saturated rings. The molecule has 0 aromatic carbocycles. The van der Waals surface area contributed by atoms with Gasteiger partial charge < -0.3 is 9.64 Å². The Morgan fingerprint density at radius 2 is 1.79 bits per heavy atom. The second kappa shape index (κ2) is 6.90. The molecular weight excluding hydrogens is 346 g/mol. The molecule has 2 saturated heterocycles. The van der Waals surface area contributed by atoms with E-state index in [0.717, 1.165) is 11.8 Å². The summed E-state index contributed by atoms with van der Waals surface area (Å²) in [6.07, 6.45) is 0. The van der Waals surface area contributed by atoms with E-state index in [4.69, 9.17) is 4.74 Å². The van der Waals surface area contributed by atoms with E-state index in [1.807, 2.05) is 27.7 Å². The van der Waals surface area contributed by atoms with Crippen molar-refractivity contribution in [3.05, 3.63) is 0 Å². The number of carbonyl (C=O) groups is 3. The lowest BCUT2D eigenvalue weighted by Crippen LogP contribution is -2.63. The van der Waals surface area contributed by atoms with Crippen LogP contribution in [0.1, 0.15) is 48.5 Å². The first-order valence-electron chi connectivity index (χ1n) is 8.38. The Hall–Kier alpha value is -0.690. The van der Waals surface area contributed by atoms with Crippen LogP contribution < -0.4 is 0 Å². The summed E-state index contributed by atoms with van der Waals surface area (Å²) in [6.45, 7) is 13.3. The van der Waals surface area contributed by atoms with E-state index in [-0.39, 0.29) is 44.9 Å². The van der Waals surface area contributed by atoms with Crippen molar-refractivity contribution in [3.8, 4) is 0 Å². The minimum Gasteiger partial charge on any atom is -0.451 e. The maximum absolute atomic E-state index is 12.8. The van der Waals surface area contributed by atoms with Crippen LogP contribution in [0.2, 0.25) is 0 Å². The minimum absolute atomic E-state index is 0.00623. The molecule has 1 unspecified atom stereocenters. The Bertz CT molecular complexity index is 547. The lowest BCUT2D eigenvalue weighted by Gasteiger charge is -2.46. The smallest absolute Gasteiger partial charge is 0.309 e. The molecular formula is C17H27NO4S2. The third-order valence-electron chi connectivity index (χ3n) is 4.46. The predicted molar refractivity (Wildman–Crippen MR) is 97.4 cm³/mol. The summed E-state index contributed by atoms with van der Waals surface area (Å²) in [5, 5.41) is -0.0230. The highest BCUT2D eigenvalue weighted by molar-refractivity contribution is 8.14. The molecule has 7 heteroatoms. The van der Waals surface area contributed by atoms with Crippen LogP contribution >= 0.6 is 23.5 Å². The molecule has 1 amide bonds. The van der Waals surface area contributed by atoms with Crippen molar-refractivity contribution in [2.24, 2.45) is 17.8 Å². The van der Waals surface area contributed by atoms with Gasteiger partial charge in [0.05, 0.1) is 17.2 Å². The van der Waals surface area contributed by atoms with Gasteiger partial charge in [0.2, 0.25) is 11.0 Å². The monoisotopic (exact) mass is 373 g/mol. The number of nitrogens with zero attached hydrogens (tertiary/aromatic N) is 1. The summed E-state index contributed by atoms with van der Waals surface area (Å²) < 4.78 is 4.93. The van der Waals surface area contributed by atoms with Crippen molar-refractivity contribution in [1.82, 2.24) is 4.90 Å². The van der Waals surface area contributed by atoms with Crippen LogP contribution in [0, 0.1) is 17.8 Å². The van der Waals surface area contributed by atoms with Gasteiger partial charge in [-0.3, -0.25) is 14.4 Å². The Kier molecular flexibility index (Phi) is 5.65. The highest BCUT2D eigenvalue weighted by Gasteiger charge is 2.63. The van der Waals surface area contributed by atoms with Gasteiger partial charge in [0.15, 0.2) is 5.44 Å². The van der Waals surface area contributed by atoms with Gasteiger partial charge in [-0.05, 0) is 38.5 Å². The zero-order valence-electron chi connectivity index (χ0n) is 15.4. The molecule has 0 aromatic rings. The molecule has 2 heterocycles. The summed E-state index contributed by atoms with van der Waals surface area (Å²) in [6, 6.07) is -0.472. The number of thioether (sulfide) groups is 2. The average molecular weight is 374 g/mol. The van der Waals surface area contributed by atoms with Gasteiger partial charge in [-0.2, -0.15) is 0 Å². The number of rotatable bonds is 5. The molecule has 0 aromatic heterocycles. The normalized spacial score (nSPS) is 29.5. The van der Waals surface area contributed by atoms with Gasteiger partial charge in [-0.15, -0.1) is 11.8 Å². The molecule has 2 aliphatic heterocycles. The van der Waals surface area contributed by atoms with E-state index >= 15 is 0 Å². The topological polar surface area (TPSA) is 63.7 Å². The van der Waals surface area contributed by atoms with Crippen LogP contribution in [0.3, 0.4) is 0 Å². The minimum atomic E-state index is -0.551. The van der Waals surface area contributed by atoms with Crippen LogP contribution in [0.5, 0.6) is 0 Å². The molecule has 136 valence electrons. The Labute approximate surface area is 152 Å². The van der Waals surface area contributed by atoms with Gasteiger partial charge in [0, 0.05) is 4.75 Å². The number of fused-ring (bicyclic) bond motifs is 1. The first-order valence-corrected chi connectivity index (χ1v) is 10.1. The van der Waals surface area contributed by atoms with Crippen molar-refractivity contribution in [3.63, 3.8) is 0 Å². The van der Waals surface area contributed by atoms with Crippen LogP contribution in [-0.4, -0.2) is 43.5 Å². The standard InChI is InChI=1S/C17H27NO4S2/c1-8(2)11-13(19)18-12(17(6,7)24-14(11)18)16(21)23-10(5)22-15(20)9(3)4/h8-12,14H,1-7H3/t10?,11-,12+,14-/m1/s1. The van der Waals surface area contributed by atoms with E-state index in [1.54, 1.807) is 37.4 Å². The number of β-lactam (4-membered cyclic amide) rings is 1. The van der Waals surface area contributed by atoms with Crippen molar-refractivity contribution in [2.45, 2.75) is 70.1 Å². The Balaban J connectivity index is 2.06. The molecule has 24 heavy (non-hydrogen) atoms. The number of ether oxygens (including phenoxy) is 1. The van der Waals surface area contributed by atoms with Crippen molar-refractivity contribution >= 4 is 40.5 Å². The van der Waals surface area contributed by atoms with Gasteiger partial charge in [-0.25, -0.2) is 0 Å². The number of carbonyl (C=O) groups excluding carboxylic acids is 3. The lowest BCUT2D eigenvalue weighted by atomic mass is 9.84. The van der Waals surface area contributed by atoms with Crippen molar-refractivity contribution < 1.29 is 19.1 Å². The summed E-state index contributed by atoms with van der Waals surface area (Å²) in [5.74, 6) is -0.211. The molecule has 4 atom stereocenters. The first kappa shape index (κ1) is 19.6. The van der Waals surface area contributed by atoms with Crippen LogP contribution in [0.25, 0.3) is 0 Å². The second-order valence-electron chi connectivity index (χ2n) is 7.63. The SMILES string of the molecule is CC(OC(=O)C(C)C)SC(=O)[C@@H]1N2C(=O)[C@@H](C(C)C)[C@H]2SC1(C)C. The second-order valence-corrected chi connectivity index (χ2v) is 10.7. The number of hydrogen-bond donors (Lipinski definition) is 0. The van der Waals surface area contributed by atoms with E-state index < -0.39 is 11.5 Å². The van der Waals surface area contributed by atoms with Crippen molar-refractivity contribution in [2.75, 3.05) is 0 Å². The Morgan fingerprint density at radius 3 is 2.29 bits per heavy atom. The van der Waals surface area contributed by atoms with E-state index in [9.17, 15) is 14.4 Å². The zero-order chi connectivity index (χ0) is 18.4. The van der Waals surface area contributed by atoms with Gasteiger partial charge >= 0.3 is 5.97 Å². The van der Waals surface area contributed by atoms with Crippen LogP contribution in [0.4, 0.5) is 0 Å². The molecule has 0 radical (unpaired) electrons. The zero-order valence-corrected chi connectivity index (χ0v) is 17.0. The fourth-order valence-electron chi connectivity index (χ4n) is 3.19. The summed E-state index contributed by atoms with van der Waals surface area (Å²) in [7, 11) is 0. The first-order chi connectivity index (χ1) is 11.0.